The number of hydrogen-bond acceptors (Lipinski definition) is 4. The number of carbonyl (C=O) groups excluding carboxylic acids is 1. The second kappa shape index (κ2) is 12.7. The van der Waals surface area contributed by atoms with Crippen LogP contribution < -0.4 is 4.74 Å². The molecule has 0 aromatic heterocycles. The Balaban J connectivity index is 0.00000320. The van der Waals surface area contributed by atoms with Crippen molar-refractivity contribution in [3.8, 4) is 5.75 Å². The van der Waals surface area contributed by atoms with E-state index in [0.29, 0.717) is 5.75 Å². The van der Waals surface area contributed by atoms with Gasteiger partial charge in [-0.15, -0.1) is 12.4 Å². The molecule has 4 nitrogen and oxygen atoms in total. The number of rotatable bonds is 6. The fourth-order valence-electron chi connectivity index (χ4n) is 4.96. The van der Waals surface area contributed by atoms with Crippen molar-refractivity contribution in [1.82, 2.24) is 4.90 Å². The predicted molar refractivity (Wildman–Crippen MR) is 154 cm³/mol. The van der Waals surface area contributed by atoms with Crippen LogP contribution in [0.1, 0.15) is 40.7 Å². The average molecular weight is 514 g/mol. The minimum Gasteiger partial charge on any atom is -0.425 e. The zero-order chi connectivity index (χ0) is 24.7. The summed E-state index contributed by atoms with van der Waals surface area (Å²) >= 11 is 0. The number of methoxy groups -OCH3 is 1. The van der Waals surface area contributed by atoms with Gasteiger partial charge in [-0.3, -0.25) is 4.90 Å². The lowest BCUT2D eigenvalue weighted by molar-refractivity contribution is -0.138. The fraction of sp³-hybridized carbons (Fsp3) is 0.219. The molecule has 1 fully saturated rings. The van der Waals surface area contributed by atoms with Gasteiger partial charge < -0.3 is 9.47 Å². The zero-order valence-corrected chi connectivity index (χ0v) is 21.9. The number of carbonyl (C=O) groups is 1. The normalized spacial score (nSPS) is 15.1. The molecule has 0 N–H and O–H groups in total. The number of nitrogens with zero attached hydrogens (tertiary/aromatic N) is 1. The van der Waals surface area contributed by atoms with Crippen LogP contribution in [0.4, 0.5) is 0 Å². The summed E-state index contributed by atoms with van der Waals surface area (Å²) in [5.41, 5.74) is 9.34. The standard InChI is InChI=1S/C32H31NO3.ClH/c1-35-23-31(34)36-28-16-12-24(13-17-28)7-6-20-33-21-18-27(19-22-33)32-29-10-4-2-8-25(29)14-15-26-9-3-5-11-30(26)32;/h2-17H,18-23H2,1H3;1H. The van der Waals surface area contributed by atoms with Crippen LogP contribution in [0.2, 0.25) is 0 Å². The van der Waals surface area contributed by atoms with Crippen LogP contribution in [0.25, 0.3) is 23.8 Å². The largest absolute Gasteiger partial charge is 0.425 e. The number of ether oxygens (including phenoxy) is 2. The van der Waals surface area contributed by atoms with Crippen molar-refractivity contribution in [2.45, 2.75) is 12.8 Å². The first-order valence-electron chi connectivity index (χ1n) is 12.5. The van der Waals surface area contributed by atoms with E-state index in [0.717, 1.165) is 38.0 Å². The Morgan fingerprint density at radius 1 is 0.865 bits per heavy atom. The molecule has 3 aromatic rings. The van der Waals surface area contributed by atoms with Crippen LogP contribution in [0.5, 0.6) is 5.75 Å². The minimum absolute atomic E-state index is 0. The van der Waals surface area contributed by atoms with E-state index in [2.05, 4.69) is 77.7 Å². The van der Waals surface area contributed by atoms with Gasteiger partial charge in [-0.25, -0.2) is 4.79 Å². The third-order valence-corrected chi connectivity index (χ3v) is 6.76. The highest BCUT2D eigenvalue weighted by Crippen LogP contribution is 2.38. The molecule has 5 rings (SSSR count). The highest BCUT2D eigenvalue weighted by atomic mass is 35.5. The van der Waals surface area contributed by atoms with Crippen LogP contribution >= 0.6 is 12.4 Å². The van der Waals surface area contributed by atoms with Crippen LogP contribution in [-0.4, -0.2) is 44.2 Å². The van der Waals surface area contributed by atoms with Crippen molar-refractivity contribution in [3.63, 3.8) is 0 Å². The summed E-state index contributed by atoms with van der Waals surface area (Å²) in [6, 6.07) is 25.0. The third-order valence-electron chi connectivity index (χ3n) is 6.76. The number of piperidine rings is 1. The summed E-state index contributed by atoms with van der Waals surface area (Å²) in [4.78, 5) is 14.0. The van der Waals surface area contributed by atoms with Crippen molar-refractivity contribution >= 4 is 42.2 Å². The number of halogens is 1. The second-order valence-corrected chi connectivity index (χ2v) is 9.17. The van der Waals surface area contributed by atoms with E-state index in [9.17, 15) is 4.79 Å². The van der Waals surface area contributed by atoms with E-state index < -0.39 is 5.97 Å². The van der Waals surface area contributed by atoms with Crippen molar-refractivity contribution < 1.29 is 14.3 Å². The monoisotopic (exact) mass is 513 g/mol. The van der Waals surface area contributed by atoms with Gasteiger partial charge in [-0.1, -0.05) is 90.5 Å². The first-order chi connectivity index (χ1) is 17.7. The number of benzene rings is 3. The Bertz CT molecular complexity index is 1260. The molecule has 0 saturated carbocycles. The molecule has 0 atom stereocenters. The topological polar surface area (TPSA) is 38.8 Å². The van der Waals surface area contributed by atoms with Gasteiger partial charge in [0.05, 0.1) is 0 Å². The summed E-state index contributed by atoms with van der Waals surface area (Å²) in [6.45, 7) is 2.97. The summed E-state index contributed by atoms with van der Waals surface area (Å²) in [7, 11) is 1.47. The molecule has 1 aliphatic carbocycles. The quantitative estimate of drug-likeness (QED) is 0.211. The Kier molecular flexibility index (Phi) is 9.13. The molecule has 3 aromatic carbocycles. The predicted octanol–water partition coefficient (Wildman–Crippen LogP) is 6.76. The first kappa shape index (κ1) is 26.6. The van der Waals surface area contributed by atoms with Gasteiger partial charge in [0.1, 0.15) is 12.4 Å². The van der Waals surface area contributed by atoms with Crippen molar-refractivity contribution in [3.05, 3.63) is 112 Å². The maximum Gasteiger partial charge on any atom is 0.337 e. The maximum atomic E-state index is 11.5. The Labute approximate surface area is 225 Å². The van der Waals surface area contributed by atoms with Gasteiger partial charge in [0.25, 0.3) is 0 Å². The molecular weight excluding hydrogens is 482 g/mol. The van der Waals surface area contributed by atoms with Crippen LogP contribution in [-0.2, 0) is 9.53 Å². The summed E-state index contributed by atoms with van der Waals surface area (Å²) in [6.07, 6.45) is 11.0. The van der Waals surface area contributed by atoms with Crippen LogP contribution in [0.15, 0.2) is 84.4 Å². The van der Waals surface area contributed by atoms with E-state index in [1.807, 2.05) is 24.3 Å². The highest BCUT2D eigenvalue weighted by Gasteiger charge is 2.22. The van der Waals surface area contributed by atoms with E-state index in [1.54, 1.807) is 5.57 Å². The molecule has 37 heavy (non-hydrogen) atoms. The van der Waals surface area contributed by atoms with Gasteiger partial charge in [0.2, 0.25) is 0 Å². The minimum atomic E-state index is -0.396. The highest BCUT2D eigenvalue weighted by molar-refractivity contribution is 5.95. The SMILES string of the molecule is COCC(=O)Oc1ccc(C=CCN2CCC(=C3c4ccccc4C=Cc4ccccc43)CC2)cc1.Cl. The smallest absolute Gasteiger partial charge is 0.337 e. The van der Waals surface area contributed by atoms with Crippen LogP contribution in [0, 0.1) is 0 Å². The molecule has 1 aliphatic heterocycles. The molecule has 0 radical (unpaired) electrons. The lowest BCUT2D eigenvalue weighted by atomic mass is 9.86. The molecule has 0 unspecified atom stereocenters. The van der Waals surface area contributed by atoms with E-state index in [4.69, 9.17) is 9.47 Å². The summed E-state index contributed by atoms with van der Waals surface area (Å²) in [5.74, 6) is 0.134. The van der Waals surface area contributed by atoms with Gasteiger partial charge >= 0.3 is 5.97 Å². The van der Waals surface area contributed by atoms with Gasteiger partial charge in [-0.2, -0.15) is 0 Å². The lowest BCUT2D eigenvalue weighted by Crippen LogP contribution is -2.31. The molecule has 0 spiro atoms. The average Bonchev–Trinajstić information content (AvgIpc) is 3.07. The maximum absolute atomic E-state index is 11.5. The molecular formula is C32H32ClNO3. The Morgan fingerprint density at radius 3 is 2.05 bits per heavy atom. The number of fused-ring (bicyclic) bond motifs is 2. The van der Waals surface area contributed by atoms with Gasteiger partial charge in [0, 0.05) is 26.7 Å². The third kappa shape index (κ3) is 6.47. The molecule has 0 amide bonds. The van der Waals surface area contributed by atoms with Gasteiger partial charge in [-0.05, 0) is 58.4 Å². The van der Waals surface area contributed by atoms with Gasteiger partial charge in [0.15, 0.2) is 0 Å². The molecule has 0 bridgehead atoms. The molecule has 190 valence electrons. The summed E-state index contributed by atoms with van der Waals surface area (Å²) in [5, 5.41) is 0. The number of likely N-dealkylation sites (tertiary alicyclic amines) is 1. The van der Waals surface area contributed by atoms with Crippen molar-refractivity contribution in [2.24, 2.45) is 0 Å². The molecule has 1 heterocycles. The van der Waals surface area contributed by atoms with E-state index >= 15 is 0 Å². The van der Waals surface area contributed by atoms with E-state index in [1.165, 1.54) is 34.9 Å². The Hall–Kier alpha value is -3.44. The fourth-order valence-corrected chi connectivity index (χ4v) is 4.96. The Morgan fingerprint density at radius 2 is 1.46 bits per heavy atom. The molecule has 1 saturated heterocycles. The van der Waals surface area contributed by atoms with E-state index in [-0.39, 0.29) is 19.0 Å². The van der Waals surface area contributed by atoms with Crippen molar-refractivity contribution in [1.29, 1.82) is 0 Å². The number of esters is 1. The van der Waals surface area contributed by atoms with Crippen molar-refractivity contribution in [2.75, 3.05) is 33.4 Å². The molecule has 2 aliphatic rings. The summed E-state index contributed by atoms with van der Waals surface area (Å²) < 4.78 is 10.0. The zero-order valence-electron chi connectivity index (χ0n) is 21.1. The second-order valence-electron chi connectivity index (χ2n) is 9.17. The number of hydrogen-bond donors (Lipinski definition) is 0. The lowest BCUT2D eigenvalue weighted by Gasteiger charge is -2.29. The first-order valence-corrected chi connectivity index (χ1v) is 12.5. The molecule has 5 heteroatoms. The van der Waals surface area contributed by atoms with Crippen LogP contribution in [0.3, 0.4) is 0 Å².